The van der Waals surface area contributed by atoms with Gasteiger partial charge in [0.2, 0.25) is 0 Å². The Bertz CT molecular complexity index is 604. The smallest absolute Gasteiger partial charge is 0.0456 e. The summed E-state index contributed by atoms with van der Waals surface area (Å²) >= 11 is 0. The van der Waals surface area contributed by atoms with Crippen LogP contribution in [0.5, 0.6) is 0 Å². The van der Waals surface area contributed by atoms with Gasteiger partial charge in [0.05, 0.1) is 0 Å². The summed E-state index contributed by atoms with van der Waals surface area (Å²) in [6.07, 6.45) is 1.14. The van der Waals surface area contributed by atoms with Crippen LogP contribution in [0.3, 0.4) is 0 Å². The van der Waals surface area contributed by atoms with Gasteiger partial charge in [-0.3, -0.25) is 0 Å². The number of nitrogens with one attached hydrogen (secondary N) is 1. The first-order valence-electron chi connectivity index (χ1n) is 7.45. The number of nitrogens with zero attached hydrogens (tertiary/aromatic N) is 1. The Morgan fingerprint density at radius 3 is 2.80 bits per heavy atom. The zero-order valence-electron chi connectivity index (χ0n) is 12.3. The van der Waals surface area contributed by atoms with Crippen molar-refractivity contribution in [2.24, 2.45) is 0 Å². The van der Waals surface area contributed by atoms with E-state index in [1.54, 1.807) is 0 Å². The molecular weight excluding hydrogens is 244 g/mol. The van der Waals surface area contributed by atoms with Gasteiger partial charge in [0.15, 0.2) is 0 Å². The van der Waals surface area contributed by atoms with E-state index < -0.39 is 0 Å². The first-order valence-corrected chi connectivity index (χ1v) is 7.45. The Balaban J connectivity index is 1.98. The largest absolute Gasteiger partial charge is 0.341 e. The van der Waals surface area contributed by atoms with Crippen molar-refractivity contribution in [2.45, 2.75) is 26.8 Å². The summed E-state index contributed by atoms with van der Waals surface area (Å²) in [5.41, 5.74) is 6.90. The molecule has 0 fully saturated rings. The second-order valence-electron chi connectivity index (χ2n) is 5.44. The highest BCUT2D eigenvalue weighted by molar-refractivity contribution is 5.72. The van der Waals surface area contributed by atoms with Crippen molar-refractivity contribution in [3.05, 3.63) is 59.2 Å². The summed E-state index contributed by atoms with van der Waals surface area (Å²) in [6, 6.07) is 15.5. The molecule has 0 aromatic heterocycles. The summed E-state index contributed by atoms with van der Waals surface area (Å²) in [5.74, 6) is 0. The van der Waals surface area contributed by atoms with Gasteiger partial charge < -0.3 is 10.2 Å². The number of anilines is 2. The molecule has 0 spiro atoms. The second kappa shape index (κ2) is 5.68. The van der Waals surface area contributed by atoms with Gasteiger partial charge in [-0.15, -0.1) is 0 Å². The molecule has 1 aliphatic rings. The molecule has 0 saturated heterocycles. The van der Waals surface area contributed by atoms with Gasteiger partial charge in [0, 0.05) is 24.5 Å². The van der Waals surface area contributed by atoms with Crippen LogP contribution in [0.1, 0.15) is 23.6 Å². The highest BCUT2D eigenvalue weighted by atomic mass is 15.2. The molecule has 1 N–H and O–H groups in total. The number of fused-ring (bicyclic) bond motifs is 1. The van der Waals surface area contributed by atoms with Crippen LogP contribution in [0.15, 0.2) is 42.5 Å². The number of rotatable bonds is 4. The van der Waals surface area contributed by atoms with E-state index in [2.05, 4.69) is 66.5 Å². The van der Waals surface area contributed by atoms with Gasteiger partial charge in [-0.1, -0.05) is 42.8 Å². The average Bonchev–Trinajstić information content (AvgIpc) is 2.89. The third-order valence-electron chi connectivity index (χ3n) is 3.98. The number of benzene rings is 2. The second-order valence-corrected chi connectivity index (χ2v) is 5.44. The van der Waals surface area contributed by atoms with Crippen molar-refractivity contribution in [1.82, 2.24) is 5.32 Å². The van der Waals surface area contributed by atoms with Crippen LogP contribution < -0.4 is 10.2 Å². The maximum Gasteiger partial charge on any atom is 0.0456 e. The molecule has 1 aliphatic heterocycles. The molecule has 2 aromatic rings. The molecule has 3 rings (SSSR count). The van der Waals surface area contributed by atoms with Crippen molar-refractivity contribution in [3.63, 3.8) is 0 Å². The van der Waals surface area contributed by atoms with E-state index in [9.17, 15) is 0 Å². The molecule has 104 valence electrons. The fraction of sp³-hybridized carbons (Fsp3) is 0.333. The molecular formula is C18H22N2. The Morgan fingerprint density at radius 2 is 1.95 bits per heavy atom. The van der Waals surface area contributed by atoms with Gasteiger partial charge >= 0.3 is 0 Å². The number of hydrogen-bond donors (Lipinski definition) is 1. The Hall–Kier alpha value is -1.80. The Kier molecular flexibility index (Phi) is 3.75. The van der Waals surface area contributed by atoms with E-state index in [0.717, 1.165) is 26.1 Å². The summed E-state index contributed by atoms with van der Waals surface area (Å²) in [5, 5.41) is 3.45. The lowest BCUT2D eigenvalue weighted by atomic mass is 10.1. The van der Waals surface area contributed by atoms with Crippen LogP contribution in [0.2, 0.25) is 0 Å². The molecule has 0 saturated carbocycles. The van der Waals surface area contributed by atoms with E-state index >= 15 is 0 Å². The SMILES string of the molecule is CCNCc1cc(C)ccc1N1CCc2ccccc21. The van der Waals surface area contributed by atoms with Crippen LogP contribution in [0, 0.1) is 6.92 Å². The molecule has 0 radical (unpaired) electrons. The maximum absolute atomic E-state index is 3.45. The Morgan fingerprint density at radius 1 is 1.10 bits per heavy atom. The predicted molar refractivity (Wildman–Crippen MR) is 85.7 cm³/mol. The molecule has 1 heterocycles. The summed E-state index contributed by atoms with van der Waals surface area (Å²) in [4.78, 5) is 2.46. The highest BCUT2D eigenvalue weighted by Crippen LogP contribution is 2.36. The predicted octanol–water partition coefficient (Wildman–Crippen LogP) is 3.80. The number of para-hydroxylation sites is 1. The lowest BCUT2D eigenvalue weighted by molar-refractivity contribution is 0.725. The fourth-order valence-electron chi connectivity index (χ4n) is 2.97. The van der Waals surface area contributed by atoms with Crippen LogP contribution >= 0.6 is 0 Å². The van der Waals surface area contributed by atoms with Crippen molar-refractivity contribution >= 4 is 11.4 Å². The average molecular weight is 266 g/mol. The van der Waals surface area contributed by atoms with Gasteiger partial charge in [0.1, 0.15) is 0 Å². The molecule has 0 amide bonds. The van der Waals surface area contributed by atoms with Crippen LogP contribution in [-0.2, 0) is 13.0 Å². The van der Waals surface area contributed by atoms with Crippen molar-refractivity contribution in [2.75, 3.05) is 18.0 Å². The molecule has 0 bridgehead atoms. The van der Waals surface area contributed by atoms with Crippen LogP contribution in [0.4, 0.5) is 11.4 Å². The van der Waals surface area contributed by atoms with E-state index in [0.29, 0.717) is 0 Å². The first-order chi connectivity index (χ1) is 9.79. The van der Waals surface area contributed by atoms with Gasteiger partial charge in [-0.05, 0) is 43.1 Å². The molecule has 2 aromatic carbocycles. The van der Waals surface area contributed by atoms with Crippen molar-refractivity contribution in [3.8, 4) is 0 Å². The molecule has 2 nitrogen and oxygen atoms in total. The fourth-order valence-corrected chi connectivity index (χ4v) is 2.97. The Labute approximate surface area is 121 Å². The van der Waals surface area contributed by atoms with Crippen molar-refractivity contribution in [1.29, 1.82) is 0 Å². The lowest BCUT2D eigenvalue weighted by Crippen LogP contribution is -2.19. The summed E-state index contributed by atoms with van der Waals surface area (Å²) in [7, 11) is 0. The zero-order valence-corrected chi connectivity index (χ0v) is 12.3. The van der Waals surface area contributed by atoms with Gasteiger partial charge in [-0.2, -0.15) is 0 Å². The van der Waals surface area contributed by atoms with E-state index in [4.69, 9.17) is 0 Å². The molecule has 20 heavy (non-hydrogen) atoms. The molecule has 0 aliphatic carbocycles. The third-order valence-corrected chi connectivity index (χ3v) is 3.98. The highest BCUT2D eigenvalue weighted by Gasteiger charge is 2.21. The standard InChI is InChI=1S/C18H22N2/c1-3-19-13-16-12-14(2)8-9-18(16)20-11-10-15-6-4-5-7-17(15)20/h4-9,12,19H,3,10-11,13H2,1-2H3. The van der Waals surface area contributed by atoms with E-state index in [1.165, 1.54) is 28.1 Å². The summed E-state index contributed by atoms with van der Waals surface area (Å²) in [6.45, 7) is 7.34. The minimum atomic E-state index is 0.937. The van der Waals surface area contributed by atoms with Gasteiger partial charge in [0.25, 0.3) is 0 Å². The van der Waals surface area contributed by atoms with Gasteiger partial charge in [-0.25, -0.2) is 0 Å². The number of hydrogen-bond acceptors (Lipinski definition) is 2. The monoisotopic (exact) mass is 266 g/mol. The van der Waals surface area contributed by atoms with Crippen LogP contribution in [-0.4, -0.2) is 13.1 Å². The first kappa shape index (κ1) is 13.2. The maximum atomic E-state index is 3.45. The normalized spacial score (nSPS) is 13.6. The third kappa shape index (κ3) is 2.44. The topological polar surface area (TPSA) is 15.3 Å². The molecule has 0 atom stereocenters. The quantitative estimate of drug-likeness (QED) is 0.905. The summed E-state index contributed by atoms with van der Waals surface area (Å²) < 4.78 is 0. The van der Waals surface area contributed by atoms with Crippen LogP contribution in [0.25, 0.3) is 0 Å². The molecule has 2 heteroatoms. The molecule has 0 unspecified atom stereocenters. The van der Waals surface area contributed by atoms with E-state index in [1.807, 2.05) is 0 Å². The minimum absolute atomic E-state index is 0.937. The zero-order chi connectivity index (χ0) is 13.9. The lowest BCUT2D eigenvalue weighted by Gasteiger charge is -2.23. The van der Waals surface area contributed by atoms with Crippen molar-refractivity contribution < 1.29 is 0 Å². The van der Waals surface area contributed by atoms with E-state index in [-0.39, 0.29) is 0 Å². The number of aryl methyl sites for hydroxylation is 1. The minimum Gasteiger partial charge on any atom is -0.341 e.